The summed E-state index contributed by atoms with van der Waals surface area (Å²) in [5.41, 5.74) is 4.21. The number of amides is 1. The number of halogens is 1. The summed E-state index contributed by atoms with van der Waals surface area (Å²) in [6.07, 6.45) is 2.16. The first-order valence-corrected chi connectivity index (χ1v) is 9.55. The van der Waals surface area contributed by atoms with Crippen molar-refractivity contribution < 1.29 is 9.53 Å². The van der Waals surface area contributed by atoms with Gasteiger partial charge in [0.1, 0.15) is 0 Å². The smallest absolute Gasteiger partial charge is 0.252 e. The van der Waals surface area contributed by atoms with Crippen LogP contribution in [0.3, 0.4) is 0 Å². The van der Waals surface area contributed by atoms with E-state index in [-0.39, 0.29) is 12.0 Å². The van der Waals surface area contributed by atoms with Crippen molar-refractivity contribution in [2.24, 2.45) is 0 Å². The van der Waals surface area contributed by atoms with Crippen LogP contribution in [0.25, 0.3) is 22.2 Å². The molecule has 0 radical (unpaired) electrons. The fraction of sp³-hybridized carbons (Fsp3) is 0.273. The first kappa shape index (κ1) is 18.0. The fourth-order valence-corrected chi connectivity index (χ4v) is 3.53. The van der Waals surface area contributed by atoms with Crippen LogP contribution < -0.4 is 5.32 Å². The number of nitrogens with one attached hydrogen (secondary N) is 1. The number of ether oxygens (including phenoxy) is 1. The number of hydrogen-bond donors (Lipinski definition) is 1. The van der Waals surface area contributed by atoms with Crippen molar-refractivity contribution >= 4 is 28.4 Å². The van der Waals surface area contributed by atoms with E-state index in [1.54, 1.807) is 0 Å². The molecule has 3 aromatic rings. The molecule has 1 aromatic heterocycles. The summed E-state index contributed by atoms with van der Waals surface area (Å²) >= 11 is 6.00. The molecule has 1 atom stereocenters. The maximum atomic E-state index is 12.9. The molecular weight excluding hydrogens is 360 g/mol. The van der Waals surface area contributed by atoms with Crippen LogP contribution in [-0.4, -0.2) is 30.1 Å². The molecule has 27 heavy (non-hydrogen) atoms. The van der Waals surface area contributed by atoms with Crippen LogP contribution >= 0.6 is 11.6 Å². The van der Waals surface area contributed by atoms with Crippen LogP contribution in [0.1, 0.15) is 28.8 Å². The van der Waals surface area contributed by atoms with E-state index in [0.717, 1.165) is 47.2 Å². The number of carbonyl (C=O) groups excluding carboxylic acids is 1. The topological polar surface area (TPSA) is 51.2 Å². The summed E-state index contributed by atoms with van der Waals surface area (Å²) in [5, 5.41) is 4.56. The molecule has 2 aromatic carbocycles. The van der Waals surface area contributed by atoms with E-state index in [0.29, 0.717) is 17.1 Å². The minimum Gasteiger partial charge on any atom is -0.376 e. The van der Waals surface area contributed by atoms with Crippen molar-refractivity contribution in [2.45, 2.75) is 25.9 Å². The highest BCUT2D eigenvalue weighted by Gasteiger charge is 2.19. The van der Waals surface area contributed by atoms with Gasteiger partial charge in [-0.25, -0.2) is 4.98 Å². The Bertz CT molecular complexity index is 980. The number of nitrogens with zero attached hydrogens (tertiary/aromatic N) is 1. The van der Waals surface area contributed by atoms with Crippen LogP contribution in [-0.2, 0) is 4.74 Å². The zero-order chi connectivity index (χ0) is 18.8. The third-order valence-electron chi connectivity index (χ3n) is 4.86. The third-order valence-corrected chi connectivity index (χ3v) is 5.12. The number of carbonyl (C=O) groups is 1. The van der Waals surface area contributed by atoms with Crippen molar-refractivity contribution in [1.29, 1.82) is 0 Å². The lowest BCUT2D eigenvalue weighted by Crippen LogP contribution is -2.32. The van der Waals surface area contributed by atoms with Gasteiger partial charge < -0.3 is 10.1 Å². The number of hydrogen-bond acceptors (Lipinski definition) is 3. The molecule has 0 spiro atoms. The Morgan fingerprint density at radius 1 is 1.22 bits per heavy atom. The fourth-order valence-electron chi connectivity index (χ4n) is 3.40. The number of rotatable bonds is 4. The SMILES string of the molecule is Cc1ccc2nc(-c3ccc(Cl)cc3)cc(C(=O)NCC3CCCO3)c2c1. The average molecular weight is 381 g/mol. The second-order valence-corrected chi connectivity index (χ2v) is 7.36. The molecule has 1 aliphatic rings. The van der Waals surface area contributed by atoms with Gasteiger partial charge in [0.15, 0.2) is 0 Å². The number of fused-ring (bicyclic) bond motifs is 1. The second kappa shape index (κ2) is 7.67. The van der Waals surface area contributed by atoms with E-state index in [1.807, 2.05) is 55.5 Å². The summed E-state index contributed by atoms with van der Waals surface area (Å²) in [6, 6.07) is 15.3. The molecule has 1 unspecified atom stereocenters. The summed E-state index contributed by atoms with van der Waals surface area (Å²) in [5.74, 6) is -0.0984. The molecule has 1 saturated heterocycles. The van der Waals surface area contributed by atoms with E-state index in [9.17, 15) is 4.79 Å². The Morgan fingerprint density at radius 2 is 2.04 bits per heavy atom. The molecular formula is C22H21ClN2O2. The largest absolute Gasteiger partial charge is 0.376 e. The van der Waals surface area contributed by atoms with Crippen LogP contribution in [0.4, 0.5) is 0 Å². The summed E-state index contributed by atoms with van der Waals surface area (Å²) in [4.78, 5) is 17.7. The summed E-state index contributed by atoms with van der Waals surface area (Å²) in [6.45, 7) is 3.32. The predicted molar refractivity (Wildman–Crippen MR) is 108 cm³/mol. The van der Waals surface area contributed by atoms with Gasteiger partial charge in [-0.2, -0.15) is 0 Å². The highest BCUT2D eigenvalue weighted by molar-refractivity contribution is 6.30. The monoisotopic (exact) mass is 380 g/mol. The van der Waals surface area contributed by atoms with Crippen molar-refractivity contribution in [1.82, 2.24) is 10.3 Å². The van der Waals surface area contributed by atoms with Crippen LogP contribution in [0.5, 0.6) is 0 Å². The van der Waals surface area contributed by atoms with Gasteiger partial charge in [-0.05, 0) is 50.1 Å². The summed E-state index contributed by atoms with van der Waals surface area (Å²) < 4.78 is 5.61. The lowest BCUT2D eigenvalue weighted by molar-refractivity contribution is 0.0859. The van der Waals surface area contributed by atoms with E-state index >= 15 is 0 Å². The molecule has 4 nitrogen and oxygen atoms in total. The van der Waals surface area contributed by atoms with Crippen LogP contribution in [0.2, 0.25) is 5.02 Å². The minimum absolute atomic E-state index is 0.0984. The Balaban J connectivity index is 1.72. The van der Waals surface area contributed by atoms with Gasteiger partial charge in [0.05, 0.1) is 22.9 Å². The molecule has 1 N–H and O–H groups in total. The van der Waals surface area contributed by atoms with Gasteiger partial charge in [0.2, 0.25) is 0 Å². The van der Waals surface area contributed by atoms with Crippen LogP contribution in [0, 0.1) is 6.92 Å². The van der Waals surface area contributed by atoms with Gasteiger partial charge in [0, 0.05) is 29.1 Å². The lowest BCUT2D eigenvalue weighted by atomic mass is 10.0. The van der Waals surface area contributed by atoms with Gasteiger partial charge in [-0.1, -0.05) is 35.4 Å². The van der Waals surface area contributed by atoms with Crippen molar-refractivity contribution in [2.75, 3.05) is 13.2 Å². The zero-order valence-corrected chi connectivity index (χ0v) is 15.9. The van der Waals surface area contributed by atoms with E-state index in [2.05, 4.69) is 5.32 Å². The van der Waals surface area contributed by atoms with Crippen molar-refractivity contribution in [3.63, 3.8) is 0 Å². The molecule has 0 bridgehead atoms. The quantitative estimate of drug-likeness (QED) is 0.709. The van der Waals surface area contributed by atoms with Gasteiger partial charge in [-0.3, -0.25) is 4.79 Å². The molecule has 5 heteroatoms. The molecule has 0 aliphatic carbocycles. The molecule has 1 aliphatic heterocycles. The Hall–Kier alpha value is -2.43. The molecule has 138 valence electrons. The normalized spacial score (nSPS) is 16.6. The second-order valence-electron chi connectivity index (χ2n) is 6.93. The Kier molecular flexibility index (Phi) is 5.10. The predicted octanol–water partition coefficient (Wildman–Crippen LogP) is 4.77. The lowest BCUT2D eigenvalue weighted by Gasteiger charge is -2.13. The average Bonchev–Trinajstić information content (AvgIpc) is 3.19. The number of aryl methyl sites for hydroxylation is 1. The highest BCUT2D eigenvalue weighted by Crippen LogP contribution is 2.27. The van der Waals surface area contributed by atoms with Crippen LogP contribution in [0.15, 0.2) is 48.5 Å². The number of aromatic nitrogens is 1. The standard InChI is InChI=1S/C22H21ClN2O2/c1-14-4-9-20-18(11-14)19(22(26)24-13-17-3-2-10-27-17)12-21(25-20)15-5-7-16(23)8-6-15/h4-9,11-12,17H,2-3,10,13H2,1H3,(H,24,26). The minimum atomic E-state index is -0.0984. The van der Waals surface area contributed by atoms with E-state index in [4.69, 9.17) is 21.3 Å². The van der Waals surface area contributed by atoms with Gasteiger partial charge in [0.25, 0.3) is 5.91 Å². The maximum absolute atomic E-state index is 12.9. The molecule has 1 fully saturated rings. The Labute approximate surface area is 163 Å². The first-order chi connectivity index (χ1) is 13.1. The van der Waals surface area contributed by atoms with Gasteiger partial charge >= 0.3 is 0 Å². The third kappa shape index (κ3) is 3.97. The molecule has 2 heterocycles. The molecule has 0 saturated carbocycles. The molecule has 1 amide bonds. The summed E-state index contributed by atoms with van der Waals surface area (Å²) in [7, 11) is 0. The van der Waals surface area contributed by atoms with Crippen molar-refractivity contribution in [3.05, 3.63) is 64.7 Å². The Morgan fingerprint density at radius 3 is 2.78 bits per heavy atom. The van der Waals surface area contributed by atoms with E-state index in [1.165, 1.54) is 0 Å². The van der Waals surface area contributed by atoms with Crippen molar-refractivity contribution in [3.8, 4) is 11.3 Å². The van der Waals surface area contributed by atoms with Gasteiger partial charge in [-0.15, -0.1) is 0 Å². The zero-order valence-electron chi connectivity index (χ0n) is 15.2. The van der Waals surface area contributed by atoms with E-state index < -0.39 is 0 Å². The number of benzene rings is 2. The molecule has 4 rings (SSSR count). The maximum Gasteiger partial charge on any atom is 0.252 e. The first-order valence-electron chi connectivity index (χ1n) is 9.17. The highest BCUT2D eigenvalue weighted by atomic mass is 35.5. The number of pyridine rings is 1.